The van der Waals surface area contributed by atoms with Gasteiger partial charge in [0.15, 0.2) is 0 Å². The zero-order valence-electron chi connectivity index (χ0n) is 5.19. The third kappa shape index (κ3) is 2.59. The van der Waals surface area contributed by atoms with Gasteiger partial charge in [-0.05, 0) is 13.8 Å². The molecular weight excluding hydrogens is 104 g/mol. The van der Waals surface area contributed by atoms with Gasteiger partial charge in [-0.1, -0.05) is 12.2 Å². The molecule has 0 saturated heterocycles. The van der Waals surface area contributed by atoms with Crippen molar-refractivity contribution in [2.75, 3.05) is 0 Å². The summed E-state index contributed by atoms with van der Waals surface area (Å²) in [6, 6.07) is 0. The van der Waals surface area contributed by atoms with Crippen LogP contribution in [0.2, 0.25) is 0 Å². The van der Waals surface area contributed by atoms with E-state index in [1.807, 2.05) is 13.8 Å². The first kappa shape index (κ1) is 6.92. The molecule has 0 radical (unpaired) electrons. The molecule has 0 aliphatic carbocycles. The van der Waals surface area contributed by atoms with Gasteiger partial charge in [0.2, 0.25) is 0 Å². The molecule has 0 saturated carbocycles. The van der Waals surface area contributed by atoms with Gasteiger partial charge >= 0.3 is 0 Å². The van der Waals surface area contributed by atoms with Crippen LogP contribution in [-0.4, -0.2) is 16.6 Å². The van der Waals surface area contributed by atoms with Crippen LogP contribution in [0.25, 0.3) is 0 Å². The first-order chi connectivity index (χ1) is 3.18. The van der Waals surface area contributed by atoms with E-state index in [1.54, 1.807) is 0 Å². The second-order valence-electron chi connectivity index (χ2n) is 1.72. The topological polar surface area (TPSA) is 9.23 Å². The Balaban J connectivity index is 3.34. The Labute approximate surface area is 47.9 Å². The zero-order chi connectivity index (χ0) is 5.86. The van der Waals surface area contributed by atoms with Gasteiger partial charge in [0.25, 0.3) is 0 Å². The van der Waals surface area contributed by atoms with E-state index in [0.717, 1.165) is 16.1 Å². The normalized spacial score (nSPS) is 14.0. The van der Waals surface area contributed by atoms with Crippen LogP contribution in [-0.2, 0) is 4.43 Å². The van der Waals surface area contributed by atoms with Crippen molar-refractivity contribution in [1.29, 1.82) is 0 Å². The van der Waals surface area contributed by atoms with E-state index in [1.165, 1.54) is 0 Å². The Kier molecular flexibility index (Phi) is 2.95. The van der Waals surface area contributed by atoms with E-state index < -0.39 is 0 Å². The predicted molar refractivity (Wildman–Crippen MR) is 35.3 cm³/mol. The van der Waals surface area contributed by atoms with Crippen molar-refractivity contribution in [3.05, 3.63) is 12.2 Å². The summed E-state index contributed by atoms with van der Waals surface area (Å²) in [4.78, 5) is 0. The summed E-state index contributed by atoms with van der Waals surface area (Å²) in [6.07, 6.45) is 0.270. The molecule has 0 aromatic heterocycles. The van der Waals surface area contributed by atoms with E-state index in [-0.39, 0.29) is 6.10 Å². The van der Waals surface area contributed by atoms with Crippen molar-refractivity contribution >= 4 is 10.5 Å². The SMILES string of the molecule is C=C(C)C(C)O[SiH3]. The van der Waals surface area contributed by atoms with Crippen LogP contribution in [0.5, 0.6) is 0 Å². The smallest absolute Gasteiger partial charge is 0.146 e. The average molecular weight is 116 g/mol. The summed E-state index contributed by atoms with van der Waals surface area (Å²) in [6.45, 7) is 7.71. The van der Waals surface area contributed by atoms with Crippen LogP contribution in [0, 0.1) is 0 Å². The van der Waals surface area contributed by atoms with Crippen molar-refractivity contribution in [3.8, 4) is 0 Å². The first-order valence-corrected chi connectivity index (χ1v) is 3.18. The molecule has 1 atom stereocenters. The maximum absolute atomic E-state index is 5.05. The monoisotopic (exact) mass is 116 g/mol. The van der Waals surface area contributed by atoms with Crippen molar-refractivity contribution in [2.45, 2.75) is 20.0 Å². The van der Waals surface area contributed by atoms with Gasteiger partial charge in [0, 0.05) is 0 Å². The predicted octanol–water partition coefficient (Wildman–Crippen LogP) is 0.248. The van der Waals surface area contributed by atoms with Gasteiger partial charge in [-0.25, -0.2) is 0 Å². The average Bonchev–Trinajstić information content (AvgIpc) is 1.65. The summed E-state index contributed by atoms with van der Waals surface area (Å²) in [5, 5.41) is 0. The molecule has 0 amide bonds. The number of hydrogen-bond donors (Lipinski definition) is 0. The van der Waals surface area contributed by atoms with Gasteiger partial charge in [0.05, 0.1) is 6.10 Å². The second kappa shape index (κ2) is 2.99. The van der Waals surface area contributed by atoms with Crippen molar-refractivity contribution < 1.29 is 4.43 Å². The van der Waals surface area contributed by atoms with Crippen LogP contribution < -0.4 is 0 Å². The summed E-state index contributed by atoms with van der Waals surface area (Å²) < 4.78 is 5.05. The third-order valence-electron chi connectivity index (χ3n) is 1.05. The lowest BCUT2D eigenvalue weighted by Crippen LogP contribution is -2.05. The number of rotatable bonds is 2. The van der Waals surface area contributed by atoms with Crippen molar-refractivity contribution in [2.24, 2.45) is 0 Å². The Hall–Kier alpha value is -0.0831. The Bertz CT molecular complexity index is 70.5. The maximum Gasteiger partial charge on any atom is 0.146 e. The lowest BCUT2D eigenvalue weighted by Gasteiger charge is -2.06. The molecular formula is C5H12OSi. The molecule has 0 aromatic rings. The molecule has 7 heavy (non-hydrogen) atoms. The van der Waals surface area contributed by atoms with E-state index in [9.17, 15) is 0 Å². The van der Waals surface area contributed by atoms with Crippen LogP contribution in [0.4, 0.5) is 0 Å². The minimum absolute atomic E-state index is 0.270. The third-order valence-corrected chi connectivity index (χ3v) is 1.75. The highest BCUT2D eigenvalue weighted by Gasteiger charge is 1.94. The standard InChI is InChI=1S/C5H12OSi/c1-4(2)5(3)6-7/h5H,1H2,2-3,7H3. The summed E-state index contributed by atoms with van der Waals surface area (Å²) in [5.41, 5.74) is 1.11. The highest BCUT2D eigenvalue weighted by atomic mass is 28.2. The molecule has 0 bridgehead atoms. The lowest BCUT2D eigenvalue weighted by molar-refractivity contribution is 0.284. The molecule has 0 N–H and O–H groups in total. The Morgan fingerprint density at radius 2 is 2.29 bits per heavy atom. The molecule has 0 spiro atoms. The molecule has 0 aliphatic rings. The highest BCUT2D eigenvalue weighted by Crippen LogP contribution is 1.97. The van der Waals surface area contributed by atoms with Crippen LogP contribution in [0.1, 0.15) is 13.8 Å². The first-order valence-electron chi connectivity index (χ1n) is 2.36. The minimum atomic E-state index is 0.270. The van der Waals surface area contributed by atoms with E-state index in [4.69, 9.17) is 4.43 Å². The molecule has 0 aliphatic heterocycles. The largest absolute Gasteiger partial charge is 0.422 e. The fraction of sp³-hybridized carbons (Fsp3) is 0.600. The van der Waals surface area contributed by atoms with Gasteiger partial charge in [-0.2, -0.15) is 0 Å². The molecule has 42 valence electrons. The van der Waals surface area contributed by atoms with Crippen LogP contribution >= 0.6 is 0 Å². The molecule has 0 fully saturated rings. The van der Waals surface area contributed by atoms with Crippen LogP contribution in [0.3, 0.4) is 0 Å². The van der Waals surface area contributed by atoms with Gasteiger partial charge in [0.1, 0.15) is 10.5 Å². The summed E-state index contributed by atoms with van der Waals surface area (Å²) >= 11 is 0. The Morgan fingerprint density at radius 3 is 2.29 bits per heavy atom. The molecule has 2 heteroatoms. The lowest BCUT2D eigenvalue weighted by atomic mass is 10.2. The number of hydrogen-bond acceptors (Lipinski definition) is 1. The maximum atomic E-state index is 5.05. The molecule has 0 rings (SSSR count). The molecule has 1 nitrogen and oxygen atoms in total. The van der Waals surface area contributed by atoms with Gasteiger partial charge in [-0.15, -0.1) is 0 Å². The Morgan fingerprint density at radius 1 is 1.86 bits per heavy atom. The zero-order valence-corrected chi connectivity index (χ0v) is 7.19. The van der Waals surface area contributed by atoms with Crippen molar-refractivity contribution in [1.82, 2.24) is 0 Å². The van der Waals surface area contributed by atoms with Gasteiger partial charge in [-0.3, -0.25) is 0 Å². The molecule has 0 aromatic carbocycles. The summed E-state index contributed by atoms with van der Waals surface area (Å²) in [5.74, 6) is 0. The summed E-state index contributed by atoms with van der Waals surface area (Å²) in [7, 11) is 0.810. The molecule has 1 unspecified atom stereocenters. The van der Waals surface area contributed by atoms with E-state index in [2.05, 4.69) is 6.58 Å². The quantitative estimate of drug-likeness (QED) is 0.371. The van der Waals surface area contributed by atoms with Crippen LogP contribution in [0.15, 0.2) is 12.2 Å². The van der Waals surface area contributed by atoms with E-state index in [0.29, 0.717) is 0 Å². The molecule has 0 heterocycles. The minimum Gasteiger partial charge on any atom is -0.422 e. The second-order valence-corrected chi connectivity index (χ2v) is 2.20. The fourth-order valence-corrected chi connectivity index (χ4v) is 0.604. The van der Waals surface area contributed by atoms with E-state index >= 15 is 0 Å². The fourth-order valence-electron chi connectivity index (χ4n) is 0.201. The van der Waals surface area contributed by atoms with Gasteiger partial charge < -0.3 is 4.43 Å². The van der Waals surface area contributed by atoms with Crippen molar-refractivity contribution in [3.63, 3.8) is 0 Å². The highest BCUT2D eigenvalue weighted by molar-refractivity contribution is 5.98.